The Kier molecular flexibility index (Phi) is 4.33. The van der Waals surface area contributed by atoms with Gasteiger partial charge in [-0.3, -0.25) is 9.89 Å². The summed E-state index contributed by atoms with van der Waals surface area (Å²) in [6, 6.07) is 1.74. The molecule has 0 aliphatic carbocycles. The van der Waals surface area contributed by atoms with Gasteiger partial charge in [0.2, 0.25) is 5.91 Å². The molecule has 1 amide bonds. The molecule has 0 bridgehead atoms. The third-order valence-corrected chi connectivity index (χ3v) is 4.24. The number of nitrogens with zero attached hydrogens (tertiary/aromatic N) is 4. The third-order valence-electron chi connectivity index (χ3n) is 4.24. The summed E-state index contributed by atoms with van der Waals surface area (Å²) >= 11 is 0. The van der Waals surface area contributed by atoms with Crippen LogP contribution < -0.4 is 0 Å². The Morgan fingerprint density at radius 2 is 2.29 bits per heavy atom. The fourth-order valence-electron chi connectivity index (χ4n) is 2.97. The predicted octanol–water partition coefficient (Wildman–Crippen LogP) is 1.89. The van der Waals surface area contributed by atoms with Gasteiger partial charge >= 0.3 is 6.18 Å². The first kappa shape index (κ1) is 16.5. The maximum atomic E-state index is 12.7. The van der Waals surface area contributed by atoms with E-state index in [4.69, 9.17) is 0 Å². The summed E-state index contributed by atoms with van der Waals surface area (Å²) in [4.78, 5) is 17.5. The minimum atomic E-state index is -4.42. The van der Waals surface area contributed by atoms with Gasteiger partial charge in [-0.25, -0.2) is 4.98 Å². The van der Waals surface area contributed by atoms with Crippen molar-refractivity contribution in [2.75, 3.05) is 13.6 Å². The van der Waals surface area contributed by atoms with Gasteiger partial charge in [0.1, 0.15) is 5.82 Å². The Bertz CT molecular complexity index is 707. The second-order valence-electron chi connectivity index (χ2n) is 6.13. The van der Waals surface area contributed by atoms with Gasteiger partial charge in [0.15, 0.2) is 5.69 Å². The van der Waals surface area contributed by atoms with Crippen LogP contribution in [-0.2, 0) is 30.4 Å². The number of imidazole rings is 1. The number of carbonyl (C=O) groups excluding carboxylic acids is 1. The lowest BCUT2D eigenvalue weighted by Crippen LogP contribution is -2.36. The van der Waals surface area contributed by atoms with Gasteiger partial charge in [0.25, 0.3) is 0 Å². The molecule has 0 unspecified atom stereocenters. The summed E-state index contributed by atoms with van der Waals surface area (Å²) < 4.78 is 39.8. The lowest BCUT2D eigenvalue weighted by Gasteiger charge is -2.28. The molecular formula is C15H18F3N5O. The van der Waals surface area contributed by atoms with Crippen molar-refractivity contribution in [1.82, 2.24) is 24.6 Å². The number of nitrogens with one attached hydrogen (secondary N) is 1. The molecular weight excluding hydrogens is 323 g/mol. The molecule has 1 aliphatic rings. The molecule has 2 aromatic rings. The molecule has 24 heavy (non-hydrogen) atoms. The molecule has 9 heteroatoms. The smallest absolute Gasteiger partial charge is 0.345 e. The van der Waals surface area contributed by atoms with Crippen LogP contribution >= 0.6 is 0 Å². The van der Waals surface area contributed by atoms with Crippen molar-refractivity contribution < 1.29 is 18.0 Å². The average Bonchev–Trinajstić information content (AvgIpc) is 3.15. The zero-order chi connectivity index (χ0) is 17.3. The fraction of sp³-hybridized carbons (Fsp3) is 0.533. The number of hydrogen-bond acceptors (Lipinski definition) is 3. The lowest BCUT2D eigenvalue weighted by atomic mass is 9.99. The maximum absolute atomic E-state index is 12.7. The van der Waals surface area contributed by atoms with Crippen LogP contribution in [0.1, 0.15) is 23.6 Å². The molecule has 0 spiro atoms. The molecule has 0 radical (unpaired) electrons. The van der Waals surface area contributed by atoms with Crippen LogP contribution in [0.2, 0.25) is 0 Å². The summed E-state index contributed by atoms with van der Waals surface area (Å²) in [5.74, 6) is 0.528. The van der Waals surface area contributed by atoms with E-state index in [1.807, 2.05) is 0 Å². The predicted molar refractivity (Wildman–Crippen MR) is 79.0 cm³/mol. The number of hydrogen-bond donors (Lipinski definition) is 1. The van der Waals surface area contributed by atoms with E-state index < -0.39 is 11.9 Å². The number of likely N-dealkylation sites (N-methyl/N-ethyl adjacent to an activating group) is 1. The number of alkyl halides is 3. The molecule has 0 saturated carbocycles. The molecule has 0 saturated heterocycles. The monoisotopic (exact) mass is 341 g/mol. The molecule has 130 valence electrons. The normalized spacial score (nSPS) is 17.6. The minimum absolute atomic E-state index is 0.0494. The second kappa shape index (κ2) is 6.29. The van der Waals surface area contributed by atoms with Crippen LogP contribution in [0, 0.1) is 5.92 Å². The molecule has 3 heterocycles. The zero-order valence-electron chi connectivity index (χ0n) is 13.2. The standard InChI is InChI=1S/C15H18F3N5O/c1-22(14(24)6-11-4-5-19-21-11)7-10-2-3-13-20-12(15(16,17)18)9-23(13)8-10/h4-5,9-10H,2-3,6-8H2,1H3,(H,19,21)/t10-/m0/s1. The number of fused-ring (bicyclic) bond motifs is 1. The highest BCUT2D eigenvalue weighted by atomic mass is 19.4. The Balaban J connectivity index is 1.59. The van der Waals surface area contributed by atoms with Crippen LogP contribution in [0.15, 0.2) is 18.5 Å². The number of aromatic amines is 1. The first-order valence-corrected chi connectivity index (χ1v) is 7.68. The Morgan fingerprint density at radius 1 is 1.50 bits per heavy atom. The van der Waals surface area contributed by atoms with E-state index in [0.29, 0.717) is 25.3 Å². The van der Waals surface area contributed by atoms with Crippen LogP contribution in [0.5, 0.6) is 0 Å². The molecule has 2 aromatic heterocycles. The van der Waals surface area contributed by atoms with Crippen molar-refractivity contribution in [1.29, 1.82) is 0 Å². The molecule has 1 N–H and O–H groups in total. The molecule has 1 atom stereocenters. The third kappa shape index (κ3) is 3.60. The van der Waals surface area contributed by atoms with Crippen LogP contribution in [0.3, 0.4) is 0 Å². The summed E-state index contributed by atoms with van der Waals surface area (Å²) in [6.07, 6.45) is -0.329. The maximum Gasteiger partial charge on any atom is 0.434 e. The van der Waals surface area contributed by atoms with Crippen molar-refractivity contribution in [3.8, 4) is 0 Å². The summed E-state index contributed by atoms with van der Waals surface area (Å²) in [7, 11) is 1.71. The molecule has 0 fully saturated rings. The molecule has 1 aliphatic heterocycles. The van der Waals surface area contributed by atoms with Crippen molar-refractivity contribution in [3.63, 3.8) is 0 Å². The van der Waals surface area contributed by atoms with Crippen molar-refractivity contribution in [2.45, 2.75) is 32.0 Å². The van der Waals surface area contributed by atoms with E-state index >= 15 is 0 Å². The summed E-state index contributed by atoms with van der Waals surface area (Å²) in [5, 5.41) is 6.54. The van der Waals surface area contributed by atoms with Crippen LogP contribution in [-0.4, -0.2) is 44.1 Å². The van der Waals surface area contributed by atoms with E-state index in [-0.39, 0.29) is 18.2 Å². The van der Waals surface area contributed by atoms with E-state index in [9.17, 15) is 18.0 Å². The van der Waals surface area contributed by atoms with Gasteiger partial charge in [-0.2, -0.15) is 18.3 Å². The number of carbonyl (C=O) groups is 1. The highest BCUT2D eigenvalue weighted by Gasteiger charge is 2.35. The average molecular weight is 341 g/mol. The Hall–Kier alpha value is -2.32. The van der Waals surface area contributed by atoms with Gasteiger partial charge in [-0.1, -0.05) is 0 Å². The minimum Gasteiger partial charge on any atom is -0.345 e. The zero-order valence-corrected chi connectivity index (χ0v) is 13.2. The number of aromatic nitrogens is 4. The number of aryl methyl sites for hydroxylation is 1. The quantitative estimate of drug-likeness (QED) is 0.923. The van der Waals surface area contributed by atoms with Crippen molar-refractivity contribution >= 4 is 5.91 Å². The highest BCUT2D eigenvalue weighted by Crippen LogP contribution is 2.30. The fourth-order valence-corrected chi connectivity index (χ4v) is 2.97. The van der Waals surface area contributed by atoms with E-state index in [1.54, 1.807) is 28.8 Å². The Labute approximate surface area is 136 Å². The number of rotatable bonds is 4. The summed E-state index contributed by atoms with van der Waals surface area (Å²) in [5.41, 5.74) is -0.107. The number of amides is 1. The first-order valence-electron chi connectivity index (χ1n) is 7.68. The topological polar surface area (TPSA) is 66.8 Å². The van der Waals surface area contributed by atoms with Crippen molar-refractivity contribution in [3.05, 3.63) is 35.7 Å². The number of H-pyrrole nitrogens is 1. The molecule has 6 nitrogen and oxygen atoms in total. The lowest BCUT2D eigenvalue weighted by molar-refractivity contribution is -0.141. The van der Waals surface area contributed by atoms with Gasteiger partial charge in [0, 0.05) is 44.6 Å². The van der Waals surface area contributed by atoms with Gasteiger partial charge in [0.05, 0.1) is 6.42 Å². The second-order valence-corrected chi connectivity index (χ2v) is 6.13. The van der Waals surface area contributed by atoms with Gasteiger partial charge in [-0.15, -0.1) is 0 Å². The van der Waals surface area contributed by atoms with E-state index in [1.165, 1.54) is 0 Å². The van der Waals surface area contributed by atoms with Gasteiger partial charge in [-0.05, 0) is 18.4 Å². The van der Waals surface area contributed by atoms with E-state index in [2.05, 4.69) is 15.2 Å². The van der Waals surface area contributed by atoms with Gasteiger partial charge < -0.3 is 9.47 Å². The van der Waals surface area contributed by atoms with Crippen LogP contribution in [0.25, 0.3) is 0 Å². The molecule has 0 aromatic carbocycles. The van der Waals surface area contributed by atoms with Crippen LogP contribution in [0.4, 0.5) is 13.2 Å². The first-order chi connectivity index (χ1) is 11.3. The summed E-state index contributed by atoms with van der Waals surface area (Å²) in [6.45, 7) is 0.950. The highest BCUT2D eigenvalue weighted by molar-refractivity contribution is 5.78. The van der Waals surface area contributed by atoms with E-state index in [0.717, 1.165) is 18.3 Å². The molecule has 3 rings (SSSR count). The van der Waals surface area contributed by atoms with Crippen molar-refractivity contribution in [2.24, 2.45) is 5.92 Å². The largest absolute Gasteiger partial charge is 0.434 e. The number of halogens is 3. The SMILES string of the molecule is CN(C[C@@H]1CCc2nc(C(F)(F)F)cn2C1)C(=O)Cc1ccn[nH]1. The Morgan fingerprint density at radius 3 is 2.96 bits per heavy atom.